The van der Waals surface area contributed by atoms with E-state index < -0.39 is 16.1 Å². The summed E-state index contributed by atoms with van der Waals surface area (Å²) in [5, 5.41) is 6.13. The quantitative estimate of drug-likeness (QED) is 0.174. The molecule has 2 unspecified atom stereocenters. The van der Waals surface area contributed by atoms with Crippen LogP contribution in [0, 0.1) is 0 Å². The van der Waals surface area contributed by atoms with Gasteiger partial charge in [0.15, 0.2) is 11.5 Å². The second kappa shape index (κ2) is 10.7. The number of nitrogens with zero attached hydrogens (tertiary/aromatic N) is 4. The van der Waals surface area contributed by atoms with Crippen LogP contribution >= 0.6 is 11.8 Å². The lowest BCUT2D eigenvalue weighted by Crippen LogP contribution is -2.41. The first-order chi connectivity index (χ1) is 16.3. The molecule has 0 spiro atoms. The Kier molecular flexibility index (Phi) is 7.70. The van der Waals surface area contributed by atoms with Gasteiger partial charge in [-0.2, -0.15) is 24.9 Å². The molecule has 0 bridgehead atoms. The summed E-state index contributed by atoms with van der Waals surface area (Å²) >= 11 is 1.81. The lowest BCUT2D eigenvalue weighted by Gasteiger charge is -2.16. The number of nitrogens with one attached hydrogen (secondary N) is 4. The molecule has 2 aromatic heterocycles. The van der Waals surface area contributed by atoms with E-state index in [1.165, 1.54) is 12.7 Å². The Balaban J connectivity index is 1.09. The smallest absolute Gasteiger partial charge is 0.315 e. The molecule has 2 aliphatic rings. The van der Waals surface area contributed by atoms with Gasteiger partial charge >= 0.3 is 16.2 Å². The molecule has 3 amide bonds. The molecule has 2 aliphatic heterocycles. The zero-order valence-electron chi connectivity index (χ0n) is 18.3. The third-order valence-corrected chi connectivity index (χ3v) is 8.12. The summed E-state index contributed by atoms with van der Waals surface area (Å²) in [7, 11) is -3.97. The summed E-state index contributed by atoms with van der Waals surface area (Å²) in [5.41, 5.74) is 6.70. The number of unbranched alkanes of at least 4 members (excludes halogenated alkanes) is 1. The predicted molar refractivity (Wildman–Crippen MR) is 125 cm³/mol. The number of amides is 3. The number of aromatic nitrogens is 4. The van der Waals surface area contributed by atoms with E-state index in [4.69, 9.17) is 10.5 Å². The van der Waals surface area contributed by atoms with Crippen LogP contribution in [0.25, 0.3) is 11.2 Å². The van der Waals surface area contributed by atoms with Crippen LogP contribution in [-0.4, -0.2) is 76.1 Å². The second-order valence-electron chi connectivity index (χ2n) is 7.97. The zero-order valence-corrected chi connectivity index (χ0v) is 19.9. The highest BCUT2D eigenvalue weighted by molar-refractivity contribution is 8.00. The molecule has 4 heterocycles. The number of carbonyl (C=O) groups excluding carboxylic acids is 2. The van der Waals surface area contributed by atoms with Crippen molar-refractivity contribution in [1.29, 1.82) is 0 Å². The number of urea groups is 1. The minimum absolute atomic E-state index is 0.0203. The van der Waals surface area contributed by atoms with E-state index in [9.17, 15) is 18.0 Å². The van der Waals surface area contributed by atoms with Crippen LogP contribution in [-0.2, 0) is 26.5 Å². The fraction of sp³-hybridized carbons (Fsp3) is 0.611. The Morgan fingerprint density at radius 2 is 2.15 bits per heavy atom. The molecule has 2 fully saturated rings. The van der Waals surface area contributed by atoms with Gasteiger partial charge in [-0.3, -0.25) is 9.36 Å². The number of anilines is 1. The Morgan fingerprint density at radius 1 is 1.29 bits per heavy atom. The van der Waals surface area contributed by atoms with E-state index in [2.05, 4.69) is 30.3 Å². The fourth-order valence-corrected chi connectivity index (χ4v) is 6.29. The van der Waals surface area contributed by atoms with Gasteiger partial charge < -0.3 is 21.1 Å². The highest BCUT2D eigenvalue weighted by Gasteiger charge is 2.42. The molecular formula is C18H27N9O5S2. The van der Waals surface area contributed by atoms with Gasteiger partial charge in [-0.15, -0.1) is 0 Å². The Labute approximate surface area is 200 Å². The lowest BCUT2D eigenvalue weighted by atomic mass is 10.0. The maximum Gasteiger partial charge on any atom is 0.315 e. The molecule has 186 valence electrons. The van der Waals surface area contributed by atoms with Gasteiger partial charge in [0.2, 0.25) is 5.91 Å². The molecule has 0 radical (unpaired) electrons. The van der Waals surface area contributed by atoms with Crippen LogP contribution in [0.3, 0.4) is 0 Å². The third-order valence-electron chi connectivity index (χ3n) is 5.53. The minimum Gasteiger partial charge on any atom is -0.382 e. The van der Waals surface area contributed by atoms with Crippen LogP contribution in [0.4, 0.5) is 10.6 Å². The van der Waals surface area contributed by atoms with Gasteiger partial charge in [0.1, 0.15) is 18.6 Å². The van der Waals surface area contributed by atoms with Gasteiger partial charge in [0.05, 0.1) is 25.0 Å². The van der Waals surface area contributed by atoms with Gasteiger partial charge in [-0.05, 0) is 12.8 Å². The number of rotatable bonds is 12. The van der Waals surface area contributed by atoms with Crippen LogP contribution in [0.2, 0.25) is 0 Å². The molecule has 0 saturated carbocycles. The first-order valence-corrected chi connectivity index (χ1v) is 13.3. The summed E-state index contributed by atoms with van der Waals surface area (Å²) in [4.78, 5) is 35.5. The molecule has 6 N–H and O–H groups in total. The molecule has 14 nitrogen and oxygen atoms in total. The van der Waals surface area contributed by atoms with E-state index in [0.717, 1.165) is 18.6 Å². The summed E-state index contributed by atoms with van der Waals surface area (Å²) in [5.74, 6) is 0.575. The average Bonchev–Trinajstić information content (AvgIpc) is 3.46. The molecule has 0 aromatic carbocycles. The van der Waals surface area contributed by atoms with Crippen molar-refractivity contribution in [2.75, 3.05) is 24.6 Å². The fourth-order valence-electron chi connectivity index (χ4n) is 3.92. The van der Waals surface area contributed by atoms with E-state index in [-0.39, 0.29) is 50.2 Å². The predicted octanol–water partition coefficient (Wildman–Crippen LogP) is -0.941. The maximum atomic E-state index is 12.0. The van der Waals surface area contributed by atoms with Crippen molar-refractivity contribution >= 4 is 50.9 Å². The van der Waals surface area contributed by atoms with Gasteiger partial charge in [0.25, 0.3) is 0 Å². The number of hydrogen-bond acceptors (Lipinski definition) is 10. The van der Waals surface area contributed by atoms with Crippen molar-refractivity contribution in [2.45, 2.75) is 49.7 Å². The standard InChI is InChI=1S/C18H27N9O5S2/c19-16-15-17(21-8-20-16)27(9-22-15)10-32-6-5-23-34(30,31)26-13(28)4-2-1-3-12-14-11(7-33-12)24-18(29)25-14/h8-9,11-12,14,23H,1-7,10H2,(H,26,28)(H2,19,20,21)(H2,24,25,29)/t11?,12-,14?/m1/s1. The number of ether oxygens (including phenoxy) is 1. The number of carbonyl (C=O) groups is 2. The SMILES string of the molecule is Nc1ncnc2c1ncn2COCCNS(=O)(=O)NC(=O)CCCC[C@H]1SCC2NC(=O)NC21. The zero-order chi connectivity index (χ0) is 24.1. The Bertz CT molecular complexity index is 1140. The van der Waals surface area contributed by atoms with Crippen molar-refractivity contribution in [2.24, 2.45) is 0 Å². The van der Waals surface area contributed by atoms with E-state index in [1.54, 1.807) is 16.3 Å². The highest BCUT2D eigenvalue weighted by Crippen LogP contribution is 2.33. The largest absolute Gasteiger partial charge is 0.382 e. The second-order valence-corrected chi connectivity index (χ2v) is 10.7. The van der Waals surface area contributed by atoms with E-state index in [1.807, 2.05) is 4.72 Å². The van der Waals surface area contributed by atoms with Crippen molar-refractivity contribution in [3.63, 3.8) is 0 Å². The highest BCUT2D eigenvalue weighted by atomic mass is 32.2. The molecule has 2 aromatic rings. The van der Waals surface area contributed by atoms with Crippen molar-refractivity contribution < 1.29 is 22.7 Å². The molecule has 4 rings (SSSR count). The molecule has 0 aliphatic carbocycles. The molecule has 34 heavy (non-hydrogen) atoms. The number of hydrogen-bond donors (Lipinski definition) is 5. The van der Waals surface area contributed by atoms with Gasteiger partial charge in [-0.25, -0.2) is 24.5 Å². The summed E-state index contributed by atoms with van der Waals surface area (Å²) in [6.07, 6.45) is 5.12. The number of imidazole rings is 1. The molecule has 3 atom stereocenters. The van der Waals surface area contributed by atoms with Crippen LogP contribution in [0.1, 0.15) is 25.7 Å². The van der Waals surface area contributed by atoms with Gasteiger partial charge in [0, 0.05) is 24.0 Å². The first kappa shape index (κ1) is 24.4. The van der Waals surface area contributed by atoms with Crippen LogP contribution < -0.4 is 25.8 Å². The Hall–Kier alpha value is -2.69. The summed E-state index contributed by atoms with van der Waals surface area (Å²) < 4.78 is 35.4. The molecule has 2 saturated heterocycles. The number of nitrogens with two attached hydrogens (primary N) is 1. The van der Waals surface area contributed by atoms with Crippen LogP contribution in [0.5, 0.6) is 0 Å². The van der Waals surface area contributed by atoms with Crippen molar-refractivity contribution in [3.8, 4) is 0 Å². The number of nitrogen functional groups attached to an aromatic ring is 1. The minimum atomic E-state index is -3.97. The molecular weight excluding hydrogens is 486 g/mol. The molecule has 16 heteroatoms. The average molecular weight is 514 g/mol. The first-order valence-electron chi connectivity index (χ1n) is 10.8. The van der Waals surface area contributed by atoms with Crippen LogP contribution in [0.15, 0.2) is 12.7 Å². The topological polar surface area (TPSA) is 195 Å². The normalized spacial score (nSPS) is 21.9. The lowest BCUT2D eigenvalue weighted by molar-refractivity contribution is -0.119. The Morgan fingerprint density at radius 3 is 3.00 bits per heavy atom. The van der Waals surface area contributed by atoms with E-state index >= 15 is 0 Å². The van der Waals surface area contributed by atoms with E-state index in [0.29, 0.717) is 22.8 Å². The maximum absolute atomic E-state index is 12.0. The monoisotopic (exact) mass is 513 g/mol. The van der Waals surface area contributed by atoms with Gasteiger partial charge in [-0.1, -0.05) is 6.42 Å². The third kappa shape index (κ3) is 6.05. The number of fused-ring (bicyclic) bond motifs is 2. The number of thioether (sulfide) groups is 1. The summed E-state index contributed by atoms with van der Waals surface area (Å²) in [6, 6.07) is 0.160. The van der Waals surface area contributed by atoms with Crippen molar-refractivity contribution in [3.05, 3.63) is 12.7 Å². The summed E-state index contributed by atoms with van der Waals surface area (Å²) in [6.45, 7) is 0.150. The van der Waals surface area contributed by atoms with Crippen molar-refractivity contribution in [1.82, 2.24) is 39.6 Å².